The molecule has 2 aromatic carbocycles. The molecule has 1 atom stereocenters. The molecule has 0 aromatic heterocycles. The van der Waals surface area contributed by atoms with Gasteiger partial charge in [-0.15, -0.1) is 0 Å². The molecule has 0 aliphatic carbocycles. The van der Waals surface area contributed by atoms with Gasteiger partial charge in [-0.2, -0.15) is 0 Å². The first-order valence-corrected chi connectivity index (χ1v) is 7.43. The molecule has 1 unspecified atom stereocenters. The number of hydrogen-bond donors (Lipinski definition) is 1. The number of ether oxygens (including phenoxy) is 1. The number of amides is 1. The normalized spacial score (nSPS) is 11.8. The SMILES string of the molecule is CC(=O)NCCC(C)c1ccc(Oc2ccc(F)cc2F)cc1. The minimum atomic E-state index is -0.738. The van der Waals surface area contributed by atoms with Crippen molar-refractivity contribution >= 4 is 5.91 Å². The zero-order valence-electron chi connectivity index (χ0n) is 13.1. The minimum absolute atomic E-state index is 0.0159. The molecule has 0 aliphatic rings. The Morgan fingerprint density at radius 1 is 1.17 bits per heavy atom. The van der Waals surface area contributed by atoms with Crippen LogP contribution in [-0.4, -0.2) is 12.5 Å². The van der Waals surface area contributed by atoms with Gasteiger partial charge in [0.2, 0.25) is 5.91 Å². The molecular weight excluding hydrogens is 300 g/mol. The first kappa shape index (κ1) is 16.9. The Morgan fingerprint density at radius 2 is 1.87 bits per heavy atom. The molecule has 5 heteroatoms. The molecule has 3 nitrogen and oxygen atoms in total. The van der Waals surface area contributed by atoms with E-state index in [9.17, 15) is 13.6 Å². The Labute approximate surface area is 134 Å². The average molecular weight is 319 g/mol. The van der Waals surface area contributed by atoms with Crippen molar-refractivity contribution < 1.29 is 18.3 Å². The fourth-order valence-corrected chi connectivity index (χ4v) is 2.18. The van der Waals surface area contributed by atoms with E-state index in [1.54, 1.807) is 12.1 Å². The molecule has 0 radical (unpaired) electrons. The quantitative estimate of drug-likeness (QED) is 0.857. The van der Waals surface area contributed by atoms with Crippen LogP contribution in [0.4, 0.5) is 8.78 Å². The lowest BCUT2D eigenvalue weighted by Gasteiger charge is -2.13. The summed E-state index contributed by atoms with van der Waals surface area (Å²) in [6.45, 7) is 4.18. The second kappa shape index (κ2) is 7.72. The van der Waals surface area contributed by atoms with Crippen LogP contribution >= 0.6 is 0 Å². The smallest absolute Gasteiger partial charge is 0.216 e. The number of nitrogens with one attached hydrogen (secondary N) is 1. The number of benzene rings is 2. The van der Waals surface area contributed by atoms with Crippen LogP contribution in [0.1, 0.15) is 31.7 Å². The van der Waals surface area contributed by atoms with Crippen LogP contribution in [0.25, 0.3) is 0 Å². The maximum absolute atomic E-state index is 13.5. The number of halogens is 2. The predicted octanol–water partition coefficient (Wildman–Crippen LogP) is 4.39. The molecule has 2 rings (SSSR count). The van der Waals surface area contributed by atoms with E-state index in [-0.39, 0.29) is 17.6 Å². The fraction of sp³-hybridized carbons (Fsp3) is 0.278. The topological polar surface area (TPSA) is 38.3 Å². The van der Waals surface area contributed by atoms with Crippen LogP contribution in [0.15, 0.2) is 42.5 Å². The van der Waals surface area contributed by atoms with Crippen LogP contribution in [0.3, 0.4) is 0 Å². The van der Waals surface area contributed by atoms with E-state index in [2.05, 4.69) is 12.2 Å². The second-order valence-electron chi connectivity index (χ2n) is 5.42. The third kappa shape index (κ3) is 5.06. The van der Waals surface area contributed by atoms with Crippen molar-refractivity contribution in [1.82, 2.24) is 5.32 Å². The fourth-order valence-electron chi connectivity index (χ4n) is 2.18. The molecule has 0 saturated heterocycles. The Kier molecular flexibility index (Phi) is 5.68. The second-order valence-corrected chi connectivity index (χ2v) is 5.42. The van der Waals surface area contributed by atoms with Crippen LogP contribution in [-0.2, 0) is 4.79 Å². The Morgan fingerprint density at radius 3 is 2.48 bits per heavy atom. The molecule has 1 amide bonds. The van der Waals surface area contributed by atoms with Gasteiger partial charge in [-0.1, -0.05) is 19.1 Å². The number of hydrogen-bond acceptors (Lipinski definition) is 2. The summed E-state index contributed by atoms with van der Waals surface area (Å²) in [6, 6.07) is 10.5. The zero-order chi connectivity index (χ0) is 16.8. The van der Waals surface area contributed by atoms with Gasteiger partial charge in [-0.3, -0.25) is 4.79 Å². The first-order chi connectivity index (χ1) is 11.0. The molecule has 1 N–H and O–H groups in total. The highest BCUT2D eigenvalue weighted by atomic mass is 19.1. The maximum Gasteiger partial charge on any atom is 0.216 e. The minimum Gasteiger partial charge on any atom is -0.454 e. The Bertz CT molecular complexity index is 671. The van der Waals surface area contributed by atoms with Crippen LogP contribution in [0.2, 0.25) is 0 Å². The van der Waals surface area contributed by atoms with E-state index < -0.39 is 11.6 Å². The van der Waals surface area contributed by atoms with E-state index in [1.807, 2.05) is 12.1 Å². The number of carbonyl (C=O) groups excluding carboxylic acids is 1. The Balaban J connectivity index is 1.97. The average Bonchev–Trinajstić information content (AvgIpc) is 2.50. The molecule has 0 fully saturated rings. The van der Waals surface area contributed by atoms with Crippen LogP contribution < -0.4 is 10.1 Å². The Hall–Kier alpha value is -2.43. The number of carbonyl (C=O) groups is 1. The summed E-state index contributed by atoms with van der Waals surface area (Å²) in [4.78, 5) is 10.8. The highest BCUT2D eigenvalue weighted by Gasteiger charge is 2.08. The summed E-state index contributed by atoms with van der Waals surface area (Å²) in [7, 11) is 0. The van der Waals surface area contributed by atoms with E-state index in [1.165, 1.54) is 13.0 Å². The lowest BCUT2D eigenvalue weighted by Crippen LogP contribution is -2.22. The summed E-state index contributed by atoms with van der Waals surface area (Å²) in [5, 5.41) is 2.77. The van der Waals surface area contributed by atoms with Crippen LogP contribution in [0.5, 0.6) is 11.5 Å². The molecule has 122 valence electrons. The highest BCUT2D eigenvalue weighted by Crippen LogP contribution is 2.27. The van der Waals surface area contributed by atoms with Gasteiger partial charge in [0, 0.05) is 19.5 Å². The van der Waals surface area contributed by atoms with Gasteiger partial charge in [0.05, 0.1) is 0 Å². The lowest BCUT2D eigenvalue weighted by atomic mass is 9.98. The van der Waals surface area contributed by atoms with Gasteiger partial charge in [0.1, 0.15) is 11.6 Å². The summed E-state index contributed by atoms with van der Waals surface area (Å²) in [6.07, 6.45) is 0.826. The van der Waals surface area contributed by atoms with Crippen molar-refractivity contribution in [1.29, 1.82) is 0 Å². The first-order valence-electron chi connectivity index (χ1n) is 7.43. The van der Waals surface area contributed by atoms with Gasteiger partial charge in [0.25, 0.3) is 0 Å². The van der Waals surface area contributed by atoms with E-state index >= 15 is 0 Å². The van der Waals surface area contributed by atoms with Crippen molar-refractivity contribution in [2.45, 2.75) is 26.2 Å². The molecule has 23 heavy (non-hydrogen) atoms. The highest BCUT2D eigenvalue weighted by molar-refractivity contribution is 5.72. The van der Waals surface area contributed by atoms with Crippen molar-refractivity contribution in [3.63, 3.8) is 0 Å². The van der Waals surface area contributed by atoms with Gasteiger partial charge >= 0.3 is 0 Å². The lowest BCUT2D eigenvalue weighted by molar-refractivity contribution is -0.118. The van der Waals surface area contributed by atoms with Gasteiger partial charge < -0.3 is 10.1 Å². The summed E-state index contributed by atoms with van der Waals surface area (Å²) in [5.41, 5.74) is 1.10. The van der Waals surface area contributed by atoms with Crippen molar-refractivity contribution in [3.05, 3.63) is 59.7 Å². The molecule has 0 aliphatic heterocycles. The molecule has 0 saturated carbocycles. The molecule has 0 spiro atoms. The van der Waals surface area contributed by atoms with Crippen molar-refractivity contribution in [2.75, 3.05) is 6.54 Å². The third-order valence-corrected chi connectivity index (χ3v) is 3.52. The predicted molar refractivity (Wildman–Crippen MR) is 84.6 cm³/mol. The molecular formula is C18H19F2NO2. The third-order valence-electron chi connectivity index (χ3n) is 3.52. The summed E-state index contributed by atoms with van der Waals surface area (Å²) < 4.78 is 31.8. The van der Waals surface area contributed by atoms with E-state index in [4.69, 9.17) is 4.74 Å². The van der Waals surface area contributed by atoms with Gasteiger partial charge in [-0.05, 0) is 42.2 Å². The van der Waals surface area contributed by atoms with E-state index in [0.717, 1.165) is 24.1 Å². The van der Waals surface area contributed by atoms with Crippen molar-refractivity contribution in [3.8, 4) is 11.5 Å². The standard InChI is InChI=1S/C18H19F2NO2/c1-12(9-10-21-13(2)22)14-3-6-16(7-4-14)23-18-8-5-15(19)11-17(18)20/h3-8,11-12H,9-10H2,1-2H3,(H,21,22). The van der Waals surface area contributed by atoms with Crippen LogP contribution in [0, 0.1) is 11.6 Å². The van der Waals surface area contributed by atoms with Gasteiger partial charge in [0.15, 0.2) is 11.6 Å². The largest absolute Gasteiger partial charge is 0.454 e. The maximum atomic E-state index is 13.5. The van der Waals surface area contributed by atoms with Crippen molar-refractivity contribution in [2.24, 2.45) is 0 Å². The zero-order valence-corrected chi connectivity index (χ0v) is 13.1. The molecule has 2 aromatic rings. The van der Waals surface area contributed by atoms with E-state index in [0.29, 0.717) is 12.3 Å². The molecule has 0 bridgehead atoms. The summed E-state index contributed by atoms with van der Waals surface area (Å²) in [5.74, 6) is -0.678. The van der Waals surface area contributed by atoms with Gasteiger partial charge in [-0.25, -0.2) is 8.78 Å². The molecule has 0 heterocycles. The summed E-state index contributed by atoms with van der Waals surface area (Å²) >= 11 is 0. The number of rotatable bonds is 6. The monoisotopic (exact) mass is 319 g/mol.